The van der Waals surface area contributed by atoms with E-state index >= 15 is 0 Å². The van der Waals surface area contributed by atoms with E-state index in [2.05, 4.69) is 10.3 Å². The third-order valence-electron chi connectivity index (χ3n) is 4.11. The molecule has 23 heavy (non-hydrogen) atoms. The maximum atomic E-state index is 12.9. The molecule has 1 amide bonds. The zero-order valence-corrected chi connectivity index (χ0v) is 13.1. The van der Waals surface area contributed by atoms with Crippen LogP contribution in [0.4, 0.5) is 4.39 Å². The van der Waals surface area contributed by atoms with E-state index < -0.39 is 0 Å². The van der Waals surface area contributed by atoms with Gasteiger partial charge in [-0.1, -0.05) is 0 Å². The van der Waals surface area contributed by atoms with Crippen molar-refractivity contribution in [3.05, 3.63) is 42.0 Å². The molecule has 0 radical (unpaired) electrons. The Morgan fingerprint density at radius 3 is 2.96 bits per heavy atom. The molecular weight excluding hydrogens is 297 g/mol. The number of likely N-dealkylation sites (tertiary alicyclic amines) is 1. The molecule has 6 heteroatoms. The van der Waals surface area contributed by atoms with Gasteiger partial charge in [0.15, 0.2) is 0 Å². The number of halogens is 1. The highest BCUT2D eigenvalue weighted by molar-refractivity contribution is 5.78. The van der Waals surface area contributed by atoms with Gasteiger partial charge in [-0.05, 0) is 50.2 Å². The number of hydrogen-bond acceptors (Lipinski definition) is 4. The van der Waals surface area contributed by atoms with E-state index in [1.54, 1.807) is 12.1 Å². The summed E-state index contributed by atoms with van der Waals surface area (Å²) in [5, 5.41) is 3.15. The minimum absolute atomic E-state index is 0.0718. The summed E-state index contributed by atoms with van der Waals surface area (Å²) in [5.41, 5.74) is 1.30. The lowest BCUT2D eigenvalue weighted by atomic mass is 10.1. The van der Waals surface area contributed by atoms with Gasteiger partial charge in [-0.15, -0.1) is 0 Å². The van der Waals surface area contributed by atoms with Gasteiger partial charge in [-0.3, -0.25) is 4.79 Å². The topological polar surface area (TPSA) is 58.4 Å². The second-order valence-electron chi connectivity index (χ2n) is 5.88. The fourth-order valence-corrected chi connectivity index (χ4v) is 2.89. The summed E-state index contributed by atoms with van der Waals surface area (Å²) >= 11 is 0. The zero-order chi connectivity index (χ0) is 16.2. The van der Waals surface area contributed by atoms with Crippen molar-refractivity contribution in [1.29, 1.82) is 0 Å². The van der Waals surface area contributed by atoms with Crippen LogP contribution in [0.25, 0.3) is 11.5 Å². The second-order valence-corrected chi connectivity index (χ2v) is 5.88. The lowest BCUT2D eigenvalue weighted by Crippen LogP contribution is -2.31. The maximum absolute atomic E-state index is 12.9. The van der Waals surface area contributed by atoms with Gasteiger partial charge in [0.25, 0.3) is 0 Å². The Kier molecular flexibility index (Phi) is 4.71. The lowest BCUT2D eigenvalue weighted by molar-refractivity contribution is -0.129. The van der Waals surface area contributed by atoms with Gasteiger partial charge >= 0.3 is 0 Å². The molecule has 0 aliphatic carbocycles. The van der Waals surface area contributed by atoms with Gasteiger partial charge in [0.05, 0.1) is 12.1 Å². The van der Waals surface area contributed by atoms with E-state index in [0.29, 0.717) is 23.1 Å². The van der Waals surface area contributed by atoms with Crippen LogP contribution in [-0.2, 0) is 11.2 Å². The van der Waals surface area contributed by atoms with Crippen LogP contribution in [0.1, 0.15) is 12.1 Å². The van der Waals surface area contributed by atoms with Gasteiger partial charge in [-0.2, -0.15) is 0 Å². The number of carbonyl (C=O) groups is 1. The average molecular weight is 317 g/mol. The molecule has 5 nitrogen and oxygen atoms in total. The van der Waals surface area contributed by atoms with Crippen LogP contribution in [0.3, 0.4) is 0 Å². The summed E-state index contributed by atoms with van der Waals surface area (Å²) in [4.78, 5) is 18.5. The second kappa shape index (κ2) is 6.91. The van der Waals surface area contributed by atoms with Crippen LogP contribution >= 0.6 is 0 Å². The van der Waals surface area contributed by atoms with Crippen molar-refractivity contribution in [2.45, 2.75) is 12.8 Å². The number of benzene rings is 1. The number of carbonyl (C=O) groups excluding carboxylic acids is 1. The molecule has 1 aromatic heterocycles. The van der Waals surface area contributed by atoms with Crippen molar-refractivity contribution >= 4 is 5.91 Å². The Hall–Kier alpha value is -2.21. The molecule has 1 aliphatic rings. The average Bonchev–Trinajstić information content (AvgIpc) is 3.18. The van der Waals surface area contributed by atoms with E-state index in [1.165, 1.54) is 18.4 Å². The predicted molar refractivity (Wildman–Crippen MR) is 84.2 cm³/mol. The summed E-state index contributed by atoms with van der Waals surface area (Å²) in [6, 6.07) is 5.93. The summed E-state index contributed by atoms with van der Waals surface area (Å²) in [6.07, 6.45) is 2.76. The lowest BCUT2D eigenvalue weighted by Gasteiger charge is -2.15. The van der Waals surface area contributed by atoms with E-state index in [-0.39, 0.29) is 18.1 Å². The maximum Gasteiger partial charge on any atom is 0.228 e. The van der Waals surface area contributed by atoms with Gasteiger partial charge in [0.1, 0.15) is 12.1 Å². The van der Waals surface area contributed by atoms with Crippen LogP contribution < -0.4 is 5.32 Å². The van der Waals surface area contributed by atoms with Crippen LogP contribution in [0.2, 0.25) is 0 Å². The van der Waals surface area contributed by atoms with E-state index in [4.69, 9.17) is 4.42 Å². The number of nitrogens with one attached hydrogen (secondary N) is 1. The molecule has 2 aromatic rings. The molecule has 0 saturated carbocycles. The molecule has 1 fully saturated rings. The summed E-state index contributed by atoms with van der Waals surface area (Å²) < 4.78 is 18.3. The van der Waals surface area contributed by atoms with Crippen LogP contribution in [0, 0.1) is 11.7 Å². The standard InChI is InChI=1S/C17H20FN3O2/c1-19-9-12-6-7-21(10-12)16(22)8-15-11-23-17(20-15)13-2-4-14(18)5-3-13/h2-5,11-12,19H,6-10H2,1H3. The Morgan fingerprint density at radius 1 is 1.43 bits per heavy atom. The molecule has 1 saturated heterocycles. The molecule has 3 rings (SSSR count). The normalized spacial score (nSPS) is 17.7. The summed E-state index contributed by atoms with van der Waals surface area (Å²) in [5.74, 6) is 0.696. The first kappa shape index (κ1) is 15.7. The molecule has 1 aliphatic heterocycles. The molecule has 2 heterocycles. The van der Waals surface area contributed by atoms with Gasteiger partial charge in [-0.25, -0.2) is 9.37 Å². The van der Waals surface area contributed by atoms with Crippen LogP contribution in [0.5, 0.6) is 0 Å². The molecule has 0 bridgehead atoms. The van der Waals surface area contributed by atoms with Gasteiger partial charge in [0, 0.05) is 18.7 Å². The van der Waals surface area contributed by atoms with Crippen molar-refractivity contribution in [2.75, 3.05) is 26.7 Å². The minimum atomic E-state index is -0.305. The Labute approximate surface area is 134 Å². The number of aromatic nitrogens is 1. The number of rotatable bonds is 5. The molecule has 1 N–H and O–H groups in total. The number of amides is 1. The van der Waals surface area contributed by atoms with E-state index in [9.17, 15) is 9.18 Å². The van der Waals surface area contributed by atoms with Crippen LogP contribution in [0.15, 0.2) is 34.9 Å². The summed E-state index contributed by atoms with van der Waals surface area (Å²) in [7, 11) is 1.93. The molecule has 122 valence electrons. The molecule has 1 atom stereocenters. The quantitative estimate of drug-likeness (QED) is 0.917. The first-order valence-corrected chi connectivity index (χ1v) is 7.78. The van der Waals surface area contributed by atoms with Gasteiger partial charge in [0.2, 0.25) is 11.8 Å². The van der Waals surface area contributed by atoms with Crippen molar-refractivity contribution < 1.29 is 13.6 Å². The molecule has 1 unspecified atom stereocenters. The fourth-order valence-electron chi connectivity index (χ4n) is 2.89. The Morgan fingerprint density at radius 2 is 2.22 bits per heavy atom. The first-order valence-electron chi connectivity index (χ1n) is 7.78. The smallest absolute Gasteiger partial charge is 0.228 e. The highest BCUT2D eigenvalue weighted by Crippen LogP contribution is 2.20. The fraction of sp³-hybridized carbons (Fsp3) is 0.412. The number of hydrogen-bond donors (Lipinski definition) is 1. The first-order chi connectivity index (χ1) is 11.2. The van der Waals surface area contributed by atoms with Crippen molar-refractivity contribution in [3.8, 4) is 11.5 Å². The molecule has 0 spiro atoms. The Balaban J connectivity index is 1.61. The summed E-state index contributed by atoms with van der Waals surface area (Å²) in [6.45, 7) is 2.53. The van der Waals surface area contributed by atoms with Crippen LogP contribution in [-0.4, -0.2) is 42.5 Å². The van der Waals surface area contributed by atoms with E-state index in [0.717, 1.165) is 26.1 Å². The monoisotopic (exact) mass is 317 g/mol. The molecular formula is C17H20FN3O2. The van der Waals surface area contributed by atoms with E-state index in [1.807, 2.05) is 11.9 Å². The van der Waals surface area contributed by atoms with Crippen molar-refractivity contribution in [1.82, 2.24) is 15.2 Å². The highest BCUT2D eigenvalue weighted by atomic mass is 19.1. The predicted octanol–water partition coefficient (Wildman–Crippen LogP) is 2.09. The minimum Gasteiger partial charge on any atom is -0.444 e. The van der Waals surface area contributed by atoms with Crippen molar-refractivity contribution in [3.63, 3.8) is 0 Å². The SMILES string of the molecule is CNCC1CCN(C(=O)Cc2coc(-c3ccc(F)cc3)n2)C1. The number of oxazole rings is 1. The Bertz CT molecular complexity index is 669. The van der Waals surface area contributed by atoms with Gasteiger partial charge < -0.3 is 14.6 Å². The number of nitrogens with zero attached hydrogens (tertiary/aromatic N) is 2. The largest absolute Gasteiger partial charge is 0.444 e. The third-order valence-corrected chi connectivity index (χ3v) is 4.11. The highest BCUT2D eigenvalue weighted by Gasteiger charge is 2.26. The molecule has 1 aromatic carbocycles. The van der Waals surface area contributed by atoms with Crippen molar-refractivity contribution in [2.24, 2.45) is 5.92 Å². The third kappa shape index (κ3) is 3.76. The zero-order valence-electron chi connectivity index (χ0n) is 13.1.